The number of hydrogen-bond donors (Lipinski definition) is 1. The predicted molar refractivity (Wildman–Crippen MR) is 104 cm³/mol. The van der Waals surface area contributed by atoms with Gasteiger partial charge in [0.25, 0.3) is 0 Å². The van der Waals surface area contributed by atoms with Gasteiger partial charge in [0.15, 0.2) is 0 Å². The number of methoxy groups -OCH3 is 1. The first-order valence-corrected chi connectivity index (χ1v) is 9.32. The van der Waals surface area contributed by atoms with Gasteiger partial charge < -0.3 is 19.7 Å². The zero-order valence-corrected chi connectivity index (χ0v) is 15.9. The number of anilines is 2. The molecule has 0 saturated carbocycles. The van der Waals surface area contributed by atoms with Crippen molar-refractivity contribution in [3.05, 3.63) is 36.5 Å². The predicted octanol–water partition coefficient (Wildman–Crippen LogP) is 3.13. The highest BCUT2D eigenvalue weighted by atomic mass is 16.5. The van der Waals surface area contributed by atoms with Crippen LogP contribution in [0, 0.1) is 5.92 Å². The second kappa shape index (κ2) is 9.21. The van der Waals surface area contributed by atoms with E-state index in [1.54, 1.807) is 13.3 Å². The highest BCUT2D eigenvalue weighted by molar-refractivity contribution is 5.90. The molecular formula is C20H26N4O3. The quantitative estimate of drug-likeness (QED) is 0.807. The minimum absolute atomic E-state index is 0.0568. The zero-order chi connectivity index (χ0) is 19.1. The molecule has 1 aliphatic rings. The van der Waals surface area contributed by atoms with E-state index in [0.717, 1.165) is 43.2 Å². The normalized spacial score (nSPS) is 14.7. The Balaban J connectivity index is 1.46. The van der Waals surface area contributed by atoms with Gasteiger partial charge in [-0.15, -0.1) is 0 Å². The van der Waals surface area contributed by atoms with Gasteiger partial charge in [0.05, 0.1) is 13.7 Å². The lowest BCUT2D eigenvalue weighted by Crippen LogP contribution is -2.35. The van der Waals surface area contributed by atoms with Gasteiger partial charge in [-0.1, -0.05) is 0 Å². The summed E-state index contributed by atoms with van der Waals surface area (Å²) in [5.41, 5.74) is 0.800. The van der Waals surface area contributed by atoms with E-state index in [0.29, 0.717) is 25.0 Å². The third-order valence-corrected chi connectivity index (χ3v) is 4.66. The van der Waals surface area contributed by atoms with E-state index in [1.165, 1.54) is 0 Å². The van der Waals surface area contributed by atoms with Gasteiger partial charge in [0.1, 0.15) is 11.6 Å². The molecule has 1 fully saturated rings. The van der Waals surface area contributed by atoms with Gasteiger partial charge in [0, 0.05) is 31.4 Å². The SMILES string of the molecule is CCOc1ccc(NC(=O)CC2CCN(c3ccnc(OC)n3)CC2)cc1. The number of rotatable bonds is 7. The van der Waals surface area contributed by atoms with Crippen LogP contribution in [0.1, 0.15) is 26.2 Å². The Bertz CT molecular complexity index is 743. The summed E-state index contributed by atoms with van der Waals surface area (Å²) < 4.78 is 10.5. The van der Waals surface area contributed by atoms with Crippen LogP contribution in [0.15, 0.2) is 36.5 Å². The zero-order valence-electron chi connectivity index (χ0n) is 15.9. The molecule has 7 nitrogen and oxygen atoms in total. The van der Waals surface area contributed by atoms with Crippen LogP contribution in [-0.4, -0.2) is 42.7 Å². The topological polar surface area (TPSA) is 76.6 Å². The molecule has 0 atom stereocenters. The Kier molecular flexibility index (Phi) is 6.46. The molecule has 3 rings (SSSR count). The number of nitrogens with one attached hydrogen (secondary N) is 1. The number of benzene rings is 1. The van der Waals surface area contributed by atoms with E-state index >= 15 is 0 Å². The minimum Gasteiger partial charge on any atom is -0.494 e. The first-order chi connectivity index (χ1) is 13.2. The number of amides is 1. The number of aromatic nitrogens is 2. The maximum atomic E-state index is 12.3. The summed E-state index contributed by atoms with van der Waals surface area (Å²) in [5.74, 6) is 2.12. The molecule has 0 unspecified atom stereocenters. The fourth-order valence-electron chi connectivity index (χ4n) is 3.25. The molecule has 0 bridgehead atoms. The Morgan fingerprint density at radius 1 is 1.22 bits per heavy atom. The van der Waals surface area contributed by atoms with E-state index < -0.39 is 0 Å². The van der Waals surface area contributed by atoms with E-state index in [1.807, 2.05) is 37.3 Å². The van der Waals surface area contributed by atoms with Crippen molar-refractivity contribution in [2.45, 2.75) is 26.2 Å². The lowest BCUT2D eigenvalue weighted by molar-refractivity contribution is -0.117. The molecule has 1 saturated heterocycles. The number of ether oxygens (including phenoxy) is 2. The maximum absolute atomic E-state index is 12.3. The summed E-state index contributed by atoms with van der Waals surface area (Å²) in [4.78, 5) is 23.0. The van der Waals surface area contributed by atoms with Gasteiger partial charge in [-0.2, -0.15) is 4.98 Å². The third kappa shape index (κ3) is 5.32. The van der Waals surface area contributed by atoms with Crippen LogP contribution in [0.25, 0.3) is 0 Å². The molecule has 1 aromatic heterocycles. The highest BCUT2D eigenvalue weighted by Crippen LogP contribution is 2.25. The Hall–Kier alpha value is -2.83. The summed E-state index contributed by atoms with van der Waals surface area (Å²) >= 11 is 0. The molecule has 2 aromatic rings. The molecule has 144 valence electrons. The Labute approximate surface area is 159 Å². The molecule has 0 aliphatic carbocycles. The minimum atomic E-state index is 0.0568. The summed E-state index contributed by atoms with van der Waals surface area (Å²) in [6, 6.07) is 9.74. The van der Waals surface area contributed by atoms with Crippen LogP contribution in [-0.2, 0) is 4.79 Å². The van der Waals surface area contributed by atoms with E-state index in [9.17, 15) is 4.79 Å². The van der Waals surface area contributed by atoms with Crippen LogP contribution in [0.3, 0.4) is 0 Å². The van der Waals surface area contributed by atoms with Crippen LogP contribution < -0.4 is 19.7 Å². The number of carbonyl (C=O) groups excluding carboxylic acids is 1. The number of nitrogens with zero attached hydrogens (tertiary/aromatic N) is 3. The van der Waals surface area contributed by atoms with Crippen LogP contribution >= 0.6 is 0 Å². The molecule has 0 radical (unpaired) electrons. The lowest BCUT2D eigenvalue weighted by Gasteiger charge is -2.32. The van der Waals surface area contributed by atoms with Gasteiger partial charge in [-0.25, -0.2) is 4.98 Å². The van der Waals surface area contributed by atoms with Crippen molar-refractivity contribution in [3.8, 4) is 11.8 Å². The number of carbonyl (C=O) groups is 1. The van der Waals surface area contributed by atoms with Crippen LogP contribution in [0.4, 0.5) is 11.5 Å². The Morgan fingerprint density at radius 2 is 1.96 bits per heavy atom. The standard InChI is InChI=1S/C20H26N4O3/c1-3-27-17-6-4-16(5-7-17)22-19(25)14-15-9-12-24(13-10-15)18-8-11-21-20(23-18)26-2/h4-8,11,15H,3,9-10,12-14H2,1-2H3,(H,22,25). The lowest BCUT2D eigenvalue weighted by atomic mass is 9.93. The summed E-state index contributed by atoms with van der Waals surface area (Å²) in [5, 5.41) is 2.97. The third-order valence-electron chi connectivity index (χ3n) is 4.66. The van der Waals surface area contributed by atoms with Crippen molar-refractivity contribution in [3.63, 3.8) is 0 Å². The second-order valence-electron chi connectivity index (χ2n) is 6.54. The highest BCUT2D eigenvalue weighted by Gasteiger charge is 2.22. The smallest absolute Gasteiger partial charge is 0.318 e. The molecule has 1 aliphatic heterocycles. The molecule has 7 heteroatoms. The van der Waals surface area contributed by atoms with E-state index in [2.05, 4.69) is 20.2 Å². The average molecular weight is 370 g/mol. The monoisotopic (exact) mass is 370 g/mol. The van der Waals surface area contributed by atoms with Crippen molar-refractivity contribution in [2.75, 3.05) is 37.0 Å². The number of hydrogen-bond acceptors (Lipinski definition) is 6. The van der Waals surface area contributed by atoms with Crippen molar-refractivity contribution in [1.82, 2.24) is 9.97 Å². The van der Waals surface area contributed by atoms with Crippen molar-refractivity contribution < 1.29 is 14.3 Å². The van der Waals surface area contributed by atoms with Crippen molar-refractivity contribution in [1.29, 1.82) is 0 Å². The largest absolute Gasteiger partial charge is 0.494 e. The first-order valence-electron chi connectivity index (χ1n) is 9.32. The summed E-state index contributed by atoms with van der Waals surface area (Å²) in [7, 11) is 1.56. The average Bonchev–Trinajstić information content (AvgIpc) is 2.70. The fourth-order valence-corrected chi connectivity index (χ4v) is 3.25. The van der Waals surface area contributed by atoms with Crippen molar-refractivity contribution >= 4 is 17.4 Å². The molecule has 1 N–H and O–H groups in total. The Morgan fingerprint density at radius 3 is 2.63 bits per heavy atom. The van der Waals surface area contributed by atoms with Gasteiger partial charge >= 0.3 is 6.01 Å². The molecule has 1 amide bonds. The first kappa shape index (κ1) is 18.9. The fraction of sp³-hybridized carbons (Fsp3) is 0.450. The van der Waals surface area contributed by atoms with Gasteiger partial charge in [0.2, 0.25) is 5.91 Å². The van der Waals surface area contributed by atoms with Crippen LogP contribution in [0.5, 0.6) is 11.8 Å². The summed E-state index contributed by atoms with van der Waals surface area (Å²) in [6.45, 7) is 4.33. The van der Waals surface area contributed by atoms with E-state index in [4.69, 9.17) is 9.47 Å². The second-order valence-corrected chi connectivity index (χ2v) is 6.54. The van der Waals surface area contributed by atoms with Gasteiger partial charge in [-0.05, 0) is 56.0 Å². The van der Waals surface area contributed by atoms with Crippen molar-refractivity contribution in [2.24, 2.45) is 5.92 Å². The van der Waals surface area contributed by atoms with Gasteiger partial charge in [-0.3, -0.25) is 4.79 Å². The molecule has 1 aromatic carbocycles. The maximum Gasteiger partial charge on any atom is 0.318 e. The molecular weight excluding hydrogens is 344 g/mol. The molecule has 27 heavy (non-hydrogen) atoms. The summed E-state index contributed by atoms with van der Waals surface area (Å²) in [6.07, 6.45) is 4.16. The van der Waals surface area contributed by atoms with Crippen LogP contribution in [0.2, 0.25) is 0 Å². The molecule has 2 heterocycles. The van der Waals surface area contributed by atoms with E-state index in [-0.39, 0.29) is 5.91 Å². The number of piperidine rings is 1. The molecule has 0 spiro atoms.